The number of aromatic nitrogens is 2. The Hall–Kier alpha value is -2.95. The van der Waals surface area contributed by atoms with Gasteiger partial charge in [-0.3, -0.25) is 9.48 Å². The fraction of sp³-hybridized carbons (Fsp3) is 0.484. The molecule has 2 fully saturated rings. The Morgan fingerprint density at radius 2 is 1.92 bits per heavy atom. The summed E-state index contributed by atoms with van der Waals surface area (Å²) in [6.45, 7) is 7.60. The zero-order valence-electron chi connectivity index (χ0n) is 21.6. The van der Waals surface area contributed by atoms with Crippen molar-refractivity contribution in [2.45, 2.75) is 77.8 Å². The maximum absolute atomic E-state index is 14.3. The molecule has 2 saturated carbocycles. The van der Waals surface area contributed by atoms with Gasteiger partial charge in [0.1, 0.15) is 5.82 Å². The van der Waals surface area contributed by atoms with Crippen molar-refractivity contribution in [2.75, 3.05) is 0 Å². The first-order valence-corrected chi connectivity index (χ1v) is 13.5. The number of halogens is 1. The second-order valence-electron chi connectivity index (χ2n) is 12.2. The van der Waals surface area contributed by atoms with Crippen molar-refractivity contribution < 1.29 is 9.18 Å². The van der Waals surface area contributed by atoms with Gasteiger partial charge in [-0.1, -0.05) is 63.2 Å². The first kappa shape index (κ1) is 23.4. The molecule has 5 heteroatoms. The van der Waals surface area contributed by atoms with Gasteiger partial charge in [-0.25, -0.2) is 4.39 Å². The third-order valence-corrected chi connectivity index (χ3v) is 9.48. The van der Waals surface area contributed by atoms with E-state index in [1.165, 1.54) is 25.3 Å². The molecular formula is C31H36FN3O. The van der Waals surface area contributed by atoms with Gasteiger partial charge in [-0.05, 0) is 73.0 Å². The van der Waals surface area contributed by atoms with Gasteiger partial charge in [-0.2, -0.15) is 5.10 Å². The number of carbonyl (C=O) groups excluding carboxylic acids is 1. The summed E-state index contributed by atoms with van der Waals surface area (Å²) in [5, 5.41) is 8.59. The van der Waals surface area contributed by atoms with Crippen LogP contribution in [-0.2, 0) is 17.8 Å². The summed E-state index contributed by atoms with van der Waals surface area (Å²) in [5.74, 6) is 0.263. The van der Waals surface area contributed by atoms with Crippen LogP contribution in [0.5, 0.6) is 0 Å². The highest BCUT2D eigenvalue weighted by Gasteiger charge is 2.60. The van der Waals surface area contributed by atoms with E-state index >= 15 is 0 Å². The van der Waals surface area contributed by atoms with E-state index in [0.717, 1.165) is 47.3 Å². The zero-order chi connectivity index (χ0) is 25.1. The molecule has 1 N–H and O–H groups in total. The molecule has 0 saturated heterocycles. The Kier molecular flexibility index (Phi) is 5.58. The quantitative estimate of drug-likeness (QED) is 0.449. The number of benzene rings is 2. The molecule has 1 amide bonds. The lowest BCUT2D eigenvalue weighted by atomic mass is 9.68. The molecule has 188 valence electrons. The molecule has 0 aliphatic heterocycles. The summed E-state index contributed by atoms with van der Waals surface area (Å²) in [5.41, 5.74) is 5.16. The van der Waals surface area contributed by atoms with Crippen molar-refractivity contribution in [3.8, 4) is 11.3 Å². The number of amides is 1. The summed E-state index contributed by atoms with van der Waals surface area (Å²) in [6, 6.07) is 17.2. The third-order valence-electron chi connectivity index (χ3n) is 9.48. The van der Waals surface area contributed by atoms with Crippen LogP contribution in [0.4, 0.5) is 4.39 Å². The normalized spacial score (nSPS) is 28.2. The molecule has 36 heavy (non-hydrogen) atoms. The highest BCUT2D eigenvalue weighted by Crippen LogP contribution is 2.62. The number of fused-ring (bicyclic) bond motifs is 3. The second kappa shape index (κ2) is 8.57. The van der Waals surface area contributed by atoms with E-state index in [-0.39, 0.29) is 34.5 Å². The minimum Gasteiger partial charge on any atom is -0.352 e. The molecule has 3 aliphatic rings. The fourth-order valence-electron chi connectivity index (χ4n) is 7.65. The van der Waals surface area contributed by atoms with Crippen molar-refractivity contribution in [1.29, 1.82) is 0 Å². The molecule has 0 spiro atoms. The molecular weight excluding hydrogens is 449 g/mol. The van der Waals surface area contributed by atoms with E-state index in [2.05, 4.69) is 38.2 Å². The SMILES string of the molecule is CC12CCC(C1)C(C)(C)[C@H]2NC(=O)C1CCCc2c1nn(Cc1ccccc1)c2-c1cccc(F)c1. The monoisotopic (exact) mass is 485 g/mol. The van der Waals surface area contributed by atoms with Gasteiger partial charge in [0.25, 0.3) is 0 Å². The molecule has 2 bridgehead atoms. The van der Waals surface area contributed by atoms with Crippen LogP contribution in [-0.4, -0.2) is 21.7 Å². The van der Waals surface area contributed by atoms with Gasteiger partial charge in [0.05, 0.1) is 23.9 Å². The number of hydrogen-bond acceptors (Lipinski definition) is 2. The van der Waals surface area contributed by atoms with Gasteiger partial charge < -0.3 is 5.32 Å². The van der Waals surface area contributed by atoms with Gasteiger partial charge in [0.15, 0.2) is 0 Å². The Labute approximate surface area is 213 Å². The van der Waals surface area contributed by atoms with Crippen LogP contribution in [0.3, 0.4) is 0 Å². The third kappa shape index (κ3) is 3.79. The Morgan fingerprint density at radius 3 is 2.64 bits per heavy atom. The van der Waals surface area contributed by atoms with Gasteiger partial charge in [0.2, 0.25) is 5.91 Å². The van der Waals surface area contributed by atoms with Crippen LogP contribution < -0.4 is 5.32 Å². The zero-order valence-corrected chi connectivity index (χ0v) is 21.6. The van der Waals surface area contributed by atoms with E-state index < -0.39 is 0 Å². The molecule has 3 aromatic rings. The van der Waals surface area contributed by atoms with Crippen LogP contribution in [0.25, 0.3) is 11.3 Å². The number of hydrogen-bond donors (Lipinski definition) is 1. The number of nitrogens with zero attached hydrogens (tertiary/aromatic N) is 2. The fourth-order valence-corrected chi connectivity index (χ4v) is 7.65. The second-order valence-corrected chi connectivity index (χ2v) is 12.2. The number of rotatable bonds is 5. The summed E-state index contributed by atoms with van der Waals surface area (Å²) in [4.78, 5) is 13.9. The van der Waals surface area contributed by atoms with Crippen molar-refractivity contribution in [2.24, 2.45) is 16.7 Å². The first-order chi connectivity index (χ1) is 17.3. The average molecular weight is 486 g/mol. The summed E-state index contributed by atoms with van der Waals surface area (Å²) >= 11 is 0. The molecule has 1 aromatic heterocycles. The lowest BCUT2D eigenvalue weighted by Crippen LogP contribution is -2.53. The Morgan fingerprint density at radius 1 is 1.11 bits per heavy atom. The molecule has 0 radical (unpaired) electrons. The molecule has 2 aromatic carbocycles. The lowest BCUT2D eigenvalue weighted by Gasteiger charge is -2.43. The maximum Gasteiger partial charge on any atom is 0.229 e. The minimum absolute atomic E-state index is 0.109. The van der Waals surface area contributed by atoms with Crippen LogP contribution >= 0.6 is 0 Å². The van der Waals surface area contributed by atoms with E-state index in [0.29, 0.717) is 12.5 Å². The largest absolute Gasteiger partial charge is 0.352 e. The van der Waals surface area contributed by atoms with Gasteiger partial charge in [0, 0.05) is 17.2 Å². The van der Waals surface area contributed by atoms with Crippen molar-refractivity contribution in [3.63, 3.8) is 0 Å². The Balaban J connectivity index is 1.37. The predicted octanol–water partition coefficient (Wildman–Crippen LogP) is 6.49. The number of carbonyl (C=O) groups is 1. The molecule has 1 heterocycles. The standard InChI is InChI=1S/C31H36FN3O/c1-30(2)22-15-16-31(3,18-22)29(30)33-28(36)25-14-8-13-24-26(25)34-35(19-20-9-5-4-6-10-20)27(24)21-11-7-12-23(32)17-21/h4-7,9-12,17,22,25,29H,8,13-16,18-19H2,1-3H3,(H,33,36)/t22?,25?,29-,31?/m1/s1. The van der Waals surface area contributed by atoms with E-state index in [1.54, 1.807) is 12.1 Å². The molecule has 4 nitrogen and oxygen atoms in total. The minimum atomic E-state index is -0.267. The molecule has 3 aliphatic carbocycles. The highest BCUT2D eigenvalue weighted by molar-refractivity contribution is 5.85. The van der Waals surface area contributed by atoms with Gasteiger partial charge in [-0.15, -0.1) is 0 Å². The maximum atomic E-state index is 14.3. The average Bonchev–Trinajstić information content (AvgIpc) is 3.48. The lowest BCUT2D eigenvalue weighted by molar-refractivity contribution is -0.125. The van der Waals surface area contributed by atoms with Crippen LogP contribution in [0.2, 0.25) is 0 Å². The van der Waals surface area contributed by atoms with Crippen molar-refractivity contribution in [3.05, 3.63) is 77.2 Å². The summed E-state index contributed by atoms with van der Waals surface area (Å²) in [6.07, 6.45) is 6.25. The van der Waals surface area contributed by atoms with Crippen LogP contribution in [0.1, 0.15) is 75.6 Å². The summed E-state index contributed by atoms with van der Waals surface area (Å²) in [7, 11) is 0. The highest BCUT2D eigenvalue weighted by atomic mass is 19.1. The molecule has 3 unspecified atom stereocenters. The van der Waals surface area contributed by atoms with E-state index in [9.17, 15) is 9.18 Å². The van der Waals surface area contributed by atoms with Crippen molar-refractivity contribution >= 4 is 5.91 Å². The Bertz CT molecular complexity index is 1290. The predicted molar refractivity (Wildman–Crippen MR) is 140 cm³/mol. The van der Waals surface area contributed by atoms with Crippen molar-refractivity contribution in [1.82, 2.24) is 15.1 Å². The molecule has 6 rings (SSSR count). The van der Waals surface area contributed by atoms with Crippen LogP contribution in [0.15, 0.2) is 54.6 Å². The smallest absolute Gasteiger partial charge is 0.229 e. The number of nitrogens with one attached hydrogen (secondary N) is 1. The summed E-state index contributed by atoms with van der Waals surface area (Å²) < 4.78 is 16.3. The molecule has 4 atom stereocenters. The topological polar surface area (TPSA) is 46.9 Å². The van der Waals surface area contributed by atoms with E-state index in [1.807, 2.05) is 28.9 Å². The first-order valence-electron chi connectivity index (χ1n) is 13.5. The van der Waals surface area contributed by atoms with Gasteiger partial charge >= 0.3 is 0 Å². The van der Waals surface area contributed by atoms with E-state index in [4.69, 9.17) is 5.10 Å². The van der Waals surface area contributed by atoms with Crippen LogP contribution in [0, 0.1) is 22.6 Å².